The van der Waals surface area contributed by atoms with E-state index in [-0.39, 0.29) is 5.97 Å². The van der Waals surface area contributed by atoms with Crippen LogP contribution < -0.4 is 0 Å². The average molecular weight is 371 g/mol. The van der Waals surface area contributed by atoms with Crippen LogP contribution in [0.5, 0.6) is 0 Å². The predicted molar refractivity (Wildman–Crippen MR) is 106 cm³/mol. The Kier molecular flexibility index (Phi) is 6.58. The minimum Gasteiger partial charge on any atom is -0.466 e. The van der Waals surface area contributed by atoms with Crippen molar-refractivity contribution in [2.24, 2.45) is 5.41 Å². The third-order valence-corrected chi connectivity index (χ3v) is 5.59. The van der Waals surface area contributed by atoms with Gasteiger partial charge < -0.3 is 4.74 Å². The molecule has 0 unspecified atom stereocenters. The molecule has 26 heavy (non-hydrogen) atoms. The van der Waals surface area contributed by atoms with Crippen LogP contribution in [0.15, 0.2) is 48.0 Å². The van der Waals surface area contributed by atoms with Gasteiger partial charge in [0.15, 0.2) is 0 Å². The molecule has 0 bridgehead atoms. The maximum absolute atomic E-state index is 12.8. The normalized spacial score (nSPS) is 21.1. The van der Waals surface area contributed by atoms with Crippen LogP contribution >= 0.6 is 11.3 Å². The Morgan fingerprint density at radius 3 is 2.96 bits per heavy atom. The zero-order chi connectivity index (χ0) is 18.2. The number of hydrogen-bond donors (Lipinski definition) is 0. The zero-order valence-corrected chi connectivity index (χ0v) is 16.1. The van der Waals surface area contributed by atoms with Crippen LogP contribution in [-0.4, -0.2) is 35.5 Å². The fraction of sp³-hybridized carbons (Fsp3) is 0.429. The Balaban J connectivity index is 1.72. The first-order valence-electron chi connectivity index (χ1n) is 9.21. The number of carbonyl (C=O) groups excluding carboxylic acids is 1. The van der Waals surface area contributed by atoms with Gasteiger partial charge in [-0.2, -0.15) is 0 Å². The predicted octanol–water partition coefficient (Wildman–Crippen LogP) is 4.39. The Hall–Kier alpha value is -1.98. The lowest BCUT2D eigenvalue weighted by Gasteiger charge is -2.40. The van der Waals surface area contributed by atoms with Gasteiger partial charge in [0.25, 0.3) is 0 Å². The van der Waals surface area contributed by atoms with Crippen LogP contribution in [0.3, 0.4) is 0 Å². The zero-order valence-electron chi connectivity index (χ0n) is 15.3. The molecule has 4 nitrogen and oxygen atoms in total. The largest absolute Gasteiger partial charge is 0.466 e. The molecule has 1 saturated heterocycles. The lowest BCUT2D eigenvalue weighted by Crippen LogP contribution is -2.48. The molecule has 1 aliphatic rings. The highest BCUT2D eigenvalue weighted by Crippen LogP contribution is 2.36. The maximum atomic E-state index is 12.8. The molecule has 1 fully saturated rings. The number of allylic oxidation sites excluding steroid dienone is 1. The Labute approximate surface area is 159 Å². The molecular weight excluding hydrogens is 344 g/mol. The second-order valence-corrected chi connectivity index (χ2v) is 7.74. The molecule has 0 aliphatic carbocycles. The van der Waals surface area contributed by atoms with Gasteiger partial charge in [-0.25, -0.2) is 4.98 Å². The molecule has 138 valence electrons. The summed E-state index contributed by atoms with van der Waals surface area (Å²) in [6.07, 6.45) is 8.64. The SMILES string of the molecule is CCOC(=O)[C@@]1(C/C=C/c2ccccc2)CCCN(Cc2nccs2)C1. The monoisotopic (exact) mass is 370 g/mol. The van der Waals surface area contributed by atoms with Crippen molar-refractivity contribution in [3.05, 3.63) is 58.6 Å². The van der Waals surface area contributed by atoms with Gasteiger partial charge >= 0.3 is 5.97 Å². The van der Waals surface area contributed by atoms with Gasteiger partial charge in [-0.05, 0) is 38.3 Å². The second kappa shape index (κ2) is 9.10. The smallest absolute Gasteiger partial charge is 0.313 e. The van der Waals surface area contributed by atoms with Crippen LogP contribution in [0.25, 0.3) is 6.08 Å². The molecule has 0 radical (unpaired) electrons. The molecule has 0 N–H and O–H groups in total. The van der Waals surface area contributed by atoms with Crippen molar-refractivity contribution in [3.8, 4) is 0 Å². The summed E-state index contributed by atoms with van der Waals surface area (Å²) >= 11 is 1.67. The van der Waals surface area contributed by atoms with Crippen LogP contribution in [0.1, 0.15) is 36.8 Å². The van der Waals surface area contributed by atoms with Crippen molar-refractivity contribution in [3.63, 3.8) is 0 Å². The first kappa shape index (κ1) is 18.8. The number of benzene rings is 1. The van der Waals surface area contributed by atoms with Crippen LogP contribution in [-0.2, 0) is 16.1 Å². The van der Waals surface area contributed by atoms with E-state index in [0.29, 0.717) is 13.0 Å². The highest BCUT2D eigenvalue weighted by Gasteiger charge is 2.42. The van der Waals surface area contributed by atoms with Crippen LogP contribution in [0, 0.1) is 5.41 Å². The van der Waals surface area contributed by atoms with Crippen molar-refractivity contribution >= 4 is 23.4 Å². The van der Waals surface area contributed by atoms with Crippen molar-refractivity contribution in [1.82, 2.24) is 9.88 Å². The lowest BCUT2D eigenvalue weighted by atomic mass is 9.76. The summed E-state index contributed by atoms with van der Waals surface area (Å²) in [6, 6.07) is 10.2. The second-order valence-electron chi connectivity index (χ2n) is 6.76. The number of likely N-dealkylation sites (tertiary alicyclic amines) is 1. The molecule has 2 aromatic rings. The van der Waals surface area contributed by atoms with Gasteiger partial charge in [0.05, 0.1) is 18.6 Å². The highest BCUT2D eigenvalue weighted by molar-refractivity contribution is 7.09. The van der Waals surface area contributed by atoms with E-state index >= 15 is 0 Å². The van der Waals surface area contributed by atoms with E-state index in [2.05, 4.69) is 34.2 Å². The van der Waals surface area contributed by atoms with Gasteiger partial charge in [0, 0.05) is 18.1 Å². The van der Waals surface area contributed by atoms with Gasteiger partial charge in [0.1, 0.15) is 5.01 Å². The maximum Gasteiger partial charge on any atom is 0.313 e. The van der Waals surface area contributed by atoms with Crippen molar-refractivity contribution in [1.29, 1.82) is 0 Å². The van der Waals surface area contributed by atoms with E-state index in [1.54, 1.807) is 11.3 Å². The molecule has 5 heteroatoms. The van der Waals surface area contributed by atoms with Gasteiger partial charge in [-0.1, -0.05) is 42.5 Å². The van der Waals surface area contributed by atoms with E-state index in [4.69, 9.17) is 4.74 Å². The Morgan fingerprint density at radius 2 is 2.23 bits per heavy atom. The fourth-order valence-corrected chi connectivity index (χ4v) is 4.23. The molecule has 1 atom stereocenters. The molecular formula is C21H26N2O2S. The summed E-state index contributed by atoms with van der Waals surface area (Å²) in [5.74, 6) is -0.0680. The lowest BCUT2D eigenvalue weighted by molar-refractivity contribution is -0.159. The van der Waals surface area contributed by atoms with E-state index in [1.807, 2.05) is 36.7 Å². The van der Waals surface area contributed by atoms with E-state index in [9.17, 15) is 4.79 Å². The number of ether oxygens (including phenoxy) is 1. The Morgan fingerprint density at radius 1 is 1.38 bits per heavy atom. The average Bonchev–Trinajstić information content (AvgIpc) is 3.16. The molecule has 0 amide bonds. The van der Waals surface area contributed by atoms with E-state index < -0.39 is 5.41 Å². The number of hydrogen-bond acceptors (Lipinski definition) is 5. The van der Waals surface area contributed by atoms with Gasteiger partial charge in [0.2, 0.25) is 0 Å². The topological polar surface area (TPSA) is 42.4 Å². The number of carbonyl (C=O) groups is 1. The number of nitrogens with zero attached hydrogens (tertiary/aromatic N) is 2. The number of rotatable bonds is 7. The van der Waals surface area contributed by atoms with E-state index in [1.165, 1.54) is 0 Å². The number of esters is 1. The quantitative estimate of drug-likeness (QED) is 0.678. The van der Waals surface area contributed by atoms with Crippen LogP contribution in [0.2, 0.25) is 0 Å². The van der Waals surface area contributed by atoms with Gasteiger partial charge in [-0.15, -0.1) is 11.3 Å². The summed E-state index contributed by atoms with van der Waals surface area (Å²) in [5, 5.41) is 3.10. The molecule has 1 aromatic heterocycles. The first-order chi connectivity index (χ1) is 12.7. The van der Waals surface area contributed by atoms with E-state index in [0.717, 1.165) is 43.0 Å². The third-order valence-electron chi connectivity index (χ3n) is 4.83. The summed E-state index contributed by atoms with van der Waals surface area (Å²) in [4.78, 5) is 19.5. The molecule has 3 rings (SSSR count). The highest BCUT2D eigenvalue weighted by atomic mass is 32.1. The van der Waals surface area contributed by atoms with Crippen molar-refractivity contribution in [2.45, 2.75) is 32.7 Å². The molecule has 2 heterocycles. The standard InChI is InChI=1S/C21H26N2O2S/c1-2-25-20(24)21(11-6-10-18-8-4-3-5-9-18)12-7-14-23(17-21)16-19-22-13-15-26-19/h3-6,8-10,13,15H,2,7,11-12,14,16-17H2,1H3/b10-6+/t21-/m0/s1. The fourth-order valence-electron chi connectivity index (χ4n) is 3.57. The third kappa shape index (κ3) is 4.80. The number of thiazole rings is 1. The number of piperidine rings is 1. The summed E-state index contributed by atoms with van der Waals surface area (Å²) in [5.41, 5.74) is 0.693. The minimum absolute atomic E-state index is 0.0680. The first-order valence-corrected chi connectivity index (χ1v) is 10.1. The van der Waals surface area contributed by atoms with Gasteiger partial charge in [-0.3, -0.25) is 9.69 Å². The molecule has 1 aliphatic heterocycles. The molecule has 1 aromatic carbocycles. The summed E-state index contributed by atoms with van der Waals surface area (Å²) < 4.78 is 5.46. The van der Waals surface area contributed by atoms with Crippen LogP contribution in [0.4, 0.5) is 0 Å². The summed E-state index contributed by atoms with van der Waals surface area (Å²) in [7, 11) is 0. The van der Waals surface area contributed by atoms with Crippen molar-refractivity contribution in [2.75, 3.05) is 19.7 Å². The number of aromatic nitrogens is 1. The molecule has 0 saturated carbocycles. The Bertz CT molecular complexity index is 715. The minimum atomic E-state index is -0.462. The van der Waals surface area contributed by atoms with Crippen molar-refractivity contribution < 1.29 is 9.53 Å². The molecule has 0 spiro atoms. The summed E-state index contributed by atoms with van der Waals surface area (Å²) in [6.45, 7) is 4.84.